The van der Waals surface area contributed by atoms with Crippen LogP contribution in [0.4, 0.5) is 0 Å². The molecule has 0 aliphatic carbocycles. The molecule has 0 aromatic heterocycles. The van der Waals surface area contributed by atoms with Crippen LogP contribution < -0.4 is 0 Å². The number of hydrogen-bond acceptors (Lipinski definition) is 3. The van der Waals surface area contributed by atoms with E-state index in [9.17, 15) is 9.90 Å². The van der Waals surface area contributed by atoms with Crippen molar-refractivity contribution >= 4 is 11.9 Å². The summed E-state index contributed by atoms with van der Waals surface area (Å²) in [6, 6.07) is 18.7. The Morgan fingerprint density at radius 2 is 1.67 bits per heavy atom. The minimum absolute atomic E-state index is 0.403. The number of nitrogens with zero attached hydrogens (tertiary/aromatic N) is 1. The molecule has 0 spiro atoms. The second-order valence-electron chi connectivity index (χ2n) is 4.93. The van der Waals surface area contributed by atoms with Crippen LogP contribution >= 0.6 is 0 Å². The Kier molecular flexibility index (Phi) is 3.69. The molecule has 4 heteroatoms. The zero-order chi connectivity index (χ0) is 14.7. The molecule has 4 nitrogen and oxygen atoms in total. The molecular formula is C17H15NO3. The number of carboxylic acid groups (broad SMARTS) is 1. The van der Waals surface area contributed by atoms with Crippen molar-refractivity contribution in [2.24, 2.45) is 4.99 Å². The predicted octanol–water partition coefficient (Wildman–Crippen LogP) is 2.53. The Hall–Kier alpha value is -2.62. The molecule has 2 atom stereocenters. The van der Waals surface area contributed by atoms with Gasteiger partial charge < -0.3 is 9.84 Å². The fourth-order valence-electron chi connectivity index (χ4n) is 2.39. The molecule has 2 aromatic carbocycles. The van der Waals surface area contributed by atoms with Crippen LogP contribution in [0.3, 0.4) is 0 Å². The van der Waals surface area contributed by atoms with Crippen LogP contribution in [-0.2, 0) is 16.0 Å². The highest BCUT2D eigenvalue weighted by atomic mass is 16.5. The molecule has 21 heavy (non-hydrogen) atoms. The number of rotatable bonds is 4. The van der Waals surface area contributed by atoms with E-state index in [1.807, 2.05) is 60.7 Å². The van der Waals surface area contributed by atoms with Gasteiger partial charge in [0.25, 0.3) is 0 Å². The first-order valence-corrected chi connectivity index (χ1v) is 6.80. The lowest BCUT2D eigenvalue weighted by molar-refractivity contribution is -0.145. The fourth-order valence-corrected chi connectivity index (χ4v) is 2.39. The molecule has 1 aliphatic rings. The molecule has 0 radical (unpaired) electrons. The third kappa shape index (κ3) is 2.94. The summed E-state index contributed by atoms with van der Waals surface area (Å²) in [5.41, 5.74) is 1.86. The molecule has 0 saturated carbocycles. The number of benzene rings is 2. The number of aliphatic carboxylic acids is 1. The molecular weight excluding hydrogens is 266 g/mol. The summed E-state index contributed by atoms with van der Waals surface area (Å²) in [5.74, 6) is -0.574. The van der Waals surface area contributed by atoms with Gasteiger partial charge >= 0.3 is 5.97 Å². The molecule has 0 unspecified atom stereocenters. The minimum atomic E-state index is -0.981. The summed E-state index contributed by atoms with van der Waals surface area (Å²) < 4.78 is 5.54. The van der Waals surface area contributed by atoms with E-state index in [0.717, 1.165) is 11.1 Å². The molecule has 0 fully saturated rings. The molecule has 3 rings (SSSR count). The monoisotopic (exact) mass is 281 g/mol. The van der Waals surface area contributed by atoms with Gasteiger partial charge in [0.1, 0.15) is 6.04 Å². The van der Waals surface area contributed by atoms with Gasteiger partial charge in [-0.25, -0.2) is 9.79 Å². The maximum absolute atomic E-state index is 11.4. The van der Waals surface area contributed by atoms with Gasteiger partial charge in [0.15, 0.2) is 0 Å². The van der Waals surface area contributed by atoms with E-state index in [-0.39, 0.29) is 0 Å². The largest absolute Gasteiger partial charge is 0.478 e. The smallest absolute Gasteiger partial charge is 0.347 e. The van der Waals surface area contributed by atoms with Crippen molar-refractivity contribution in [1.29, 1.82) is 0 Å². The maximum atomic E-state index is 11.4. The third-order valence-corrected chi connectivity index (χ3v) is 3.42. The van der Waals surface area contributed by atoms with Crippen LogP contribution in [0.5, 0.6) is 0 Å². The normalized spacial score (nSPS) is 20.7. The third-order valence-electron chi connectivity index (χ3n) is 3.42. The van der Waals surface area contributed by atoms with Crippen molar-refractivity contribution in [3.63, 3.8) is 0 Å². The summed E-state index contributed by atoms with van der Waals surface area (Å²) in [4.78, 5) is 15.9. The van der Waals surface area contributed by atoms with Gasteiger partial charge in [0.05, 0.1) is 0 Å². The van der Waals surface area contributed by atoms with Crippen LogP contribution in [0.15, 0.2) is 65.7 Å². The quantitative estimate of drug-likeness (QED) is 0.936. The van der Waals surface area contributed by atoms with Crippen LogP contribution in [0, 0.1) is 0 Å². The summed E-state index contributed by atoms with van der Waals surface area (Å²) in [6.07, 6.45) is -0.380. The standard InChI is InChI=1S/C17H15NO3/c19-17(20)15-14(11-12-7-3-1-4-8-12)18-16(21-15)13-9-5-2-6-10-13/h1-10,14-15H,11H2,(H,19,20)/t14-,15+/m0/s1. The Labute approximate surface area is 122 Å². The van der Waals surface area contributed by atoms with E-state index in [1.54, 1.807) is 0 Å². The van der Waals surface area contributed by atoms with E-state index in [0.29, 0.717) is 12.3 Å². The molecule has 1 heterocycles. The highest BCUT2D eigenvalue weighted by Gasteiger charge is 2.37. The summed E-state index contributed by atoms with van der Waals surface area (Å²) in [5, 5.41) is 9.33. The van der Waals surface area contributed by atoms with Crippen LogP contribution in [0.2, 0.25) is 0 Å². The zero-order valence-corrected chi connectivity index (χ0v) is 11.3. The Morgan fingerprint density at radius 3 is 2.29 bits per heavy atom. The summed E-state index contributed by atoms with van der Waals surface area (Å²) in [7, 11) is 0. The van der Waals surface area contributed by atoms with Crippen LogP contribution in [0.25, 0.3) is 0 Å². The lowest BCUT2D eigenvalue weighted by Crippen LogP contribution is -2.32. The highest BCUT2D eigenvalue weighted by Crippen LogP contribution is 2.21. The topological polar surface area (TPSA) is 58.9 Å². The number of ether oxygens (including phenoxy) is 1. The van der Waals surface area contributed by atoms with E-state index >= 15 is 0 Å². The first-order valence-electron chi connectivity index (χ1n) is 6.80. The van der Waals surface area contributed by atoms with Gasteiger partial charge in [-0.15, -0.1) is 0 Å². The van der Waals surface area contributed by atoms with Gasteiger partial charge in [-0.05, 0) is 24.1 Å². The van der Waals surface area contributed by atoms with Crippen molar-refractivity contribution in [2.45, 2.75) is 18.6 Å². The number of carboxylic acids is 1. The average Bonchev–Trinajstić information content (AvgIpc) is 2.93. The van der Waals surface area contributed by atoms with Gasteiger partial charge in [0.2, 0.25) is 12.0 Å². The van der Waals surface area contributed by atoms with Crippen molar-refractivity contribution in [3.8, 4) is 0 Å². The van der Waals surface area contributed by atoms with Crippen molar-refractivity contribution in [2.75, 3.05) is 0 Å². The molecule has 1 N–H and O–H groups in total. The second kappa shape index (κ2) is 5.79. The van der Waals surface area contributed by atoms with Crippen molar-refractivity contribution < 1.29 is 14.6 Å². The summed E-state index contributed by atoms with van der Waals surface area (Å²) >= 11 is 0. The first kappa shape index (κ1) is 13.4. The zero-order valence-electron chi connectivity index (χ0n) is 11.3. The van der Waals surface area contributed by atoms with Gasteiger partial charge in [-0.2, -0.15) is 0 Å². The molecule has 0 amide bonds. The molecule has 0 bridgehead atoms. The van der Waals surface area contributed by atoms with Crippen molar-refractivity contribution in [1.82, 2.24) is 0 Å². The first-order chi connectivity index (χ1) is 10.2. The molecule has 2 aromatic rings. The van der Waals surface area contributed by atoms with E-state index in [1.165, 1.54) is 0 Å². The Bertz CT molecular complexity index is 652. The lowest BCUT2D eigenvalue weighted by atomic mass is 10.0. The van der Waals surface area contributed by atoms with Gasteiger partial charge in [-0.3, -0.25) is 0 Å². The molecule has 1 aliphatic heterocycles. The van der Waals surface area contributed by atoms with Crippen LogP contribution in [-0.4, -0.2) is 29.1 Å². The average molecular weight is 281 g/mol. The maximum Gasteiger partial charge on any atom is 0.347 e. The minimum Gasteiger partial charge on any atom is -0.478 e. The van der Waals surface area contributed by atoms with E-state index < -0.39 is 18.1 Å². The highest BCUT2D eigenvalue weighted by molar-refractivity contribution is 5.97. The fraction of sp³-hybridized carbons (Fsp3) is 0.176. The van der Waals surface area contributed by atoms with Gasteiger partial charge in [0, 0.05) is 5.56 Å². The number of carbonyl (C=O) groups is 1. The van der Waals surface area contributed by atoms with Crippen LogP contribution in [0.1, 0.15) is 11.1 Å². The second-order valence-corrected chi connectivity index (χ2v) is 4.93. The van der Waals surface area contributed by atoms with E-state index in [4.69, 9.17) is 4.74 Å². The number of aliphatic imine (C=N–C) groups is 1. The Morgan fingerprint density at radius 1 is 1.05 bits per heavy atom. The SMILES string of the molecule is O=C(O)[C@@H]1OC(c2ccccc2)=N[C@H]1Cc1ccccc1. The van der Waals surface area contributed by atoms with Gasteiger partial charge in [-0.1, -0.05) is 48.5 Å². The van der Waals surface area contributed by atoms with Crippen molar-refractivity contribution in [3.05, 3.63) is 71.8 Å². The van der Waals surface area contributed by atoms with E-state index in [2.05, 4.69) is 4.99 Å². The molecule has 106 valence electrons. The Balaban J connectivity index is 1.85. The lowest BCUT2D eigenvalue weighted by Gasteiger charge is -2.13. The summed E-state index contributed by atoms with van der Waals surface area (Å²) in [6.45, 7) is 0. The predicted molar refractivity (Wildman–Crippen MR) is 79.4 cm³/mol. The molecule has 0 saturated heterocycles. The number of hydrogen-bond donors (Lipinski definition) is 1.